The molecule has 1 aliphatic heterocycles. The summed E-state index contributed by atoms with van der Waals surface area (Å²) in [6, 6.07) is 28.7. The van der Waals surface area contributed by atoms with Crippen molar-refractivity contribution in [3.63, 3.8) is 0 Å². The van der Waals surface area contributed by atoms with Crippen molar-refractivity contribution in [1.82, 2.24) is 9.55 Å². The summed E-state index contributed by atoms with van der Waals surface area (Å²) in [6.45, 7) is 4.90. The lowest BCUT2D eigenvalue weighted by Gasteiger charge is -2.28. The van der Waals surface area contributed by atoms with E-state index < -0.39 is 0 Å². The molecule has 0 spiro atoms. The van der Waals surface area contributed by atoms with E-state index in [0.29, 0.717) is 12.1 Å². The van der Waals surface area contributed by atoms with Crippen LogP contribution < -0.4 is 4.90 Å². The van der Waals surface area contributed by atoms with Crippen molar-refractivity contribution in [3.8, 4) is 11.9 Å². The second-order valence-electron chi connectivity index (χ2n) is 8.21. The van der Waals surface area contributed by atoms with Crippen molar-refractivity contribution in [2.24, 2.45) is 0 Å². The molecule has 3 heterocycles. The van der Waals surface area contributed by atoms with Crippen molar-refractivity contribution in [2.75, 3.05) is 11.4 Å². The average Bonchev–Trinajstić information content (AvgIpc) is 3.22. The number of nitrogens with zero attached hydrogens (tertiary/aromatic N) is 4. The van der Waals surface area contributed by atoms with Crippen molar-refractivity contribution < 1.29 is 0 Å². The van der Waals surface area contributed by atoms with E-state index in [9.17, 15) is 5.26 Å². The molecule has 0 fully saturated rings. The Kier molecular flexibility index (Phi) is 5.38. The summed E-state index contributed by atoms with van der Waals surface area (Å²) in [7, 11) is 0. The number of para-hydroxylation sites is 1. The van der Waals surface area contributed by atoms with Crippen molar-refractivity contribution in [2.45, 2.75) is 13.8 Å². The number of benzene rings is 2. The van der Waals surface area contributed by atoms with Crippen molar-refractivity contribution >= 4 is 16.8 Å². The van der Waals surface area contributed by atoms with Crippen LogP contribution in [-0.2, 0) is 0 Å². The summed E-state index contributed by atoms with van der Waals surface area (Å²) in [4.78, 5) is 7.22. The highest BCUT2D eigenvalue weighted by Gasteiger charge is 2.19. The van der Waals surface area contributed by atoms with E-state index in [4.69, 9.17) is 4.98 Å². The number of allylic oxidation sites excluding steroid dienone is 2. The van der Waals surface area contributed by atoms with E-state index in [1.165, 1.54) is 11.3 Å². The Hall–Kier alpha value is -4.36. The van der Waals surface area contributed by atoms with Crippen LogP contribution in [0, 0.1) is 25.2 Å². The Bertz CT molecular complexity index is 1420. The van der Waals surface area contributed by atoms with Gasteiger partial charge in [0.2, 0.25) is 0 Å². The Morgan fingerprint density at radius 3 is 2.42 bits per heavy atom. The average molecular weight is 429 g/mol. The molecular formula is C29H24N4. The van der Waals surface area contributed by atoms with Gasteiger partial charge < -0.3 is 9.47 Å². The number of rotatable bonds is 4. The normalized spacial score (nSPS) is 13.3. The fourth-order valence-corrected chi connectivity index (χ4v) is 4.19. The molecule has 0 atom stereocenters. The highest BCUT2D eigenvalue weighted by molar-refractivity contribution is 5.90. The molecule has 2 aromatic carbocycles. The Balaban J connectivity index is 1.63. The first-order valence-corrected chi connectivity index (χ1v) is 11.0. The monoisotopic (exact) mass is 428 g/mol. The molecule has 2 aromatic heterocycles. The van der Waals surface area contributed by atoms with Gasteiger partial charge in [0.15, 0.2) is 0 Å². The van der Waals surface area contributed by atoms with E-state index in [1.807, 2.05) is 60.7 Å². The van der Waals surface area contributed by atoms with E-state index in [2.05, 4.69) is 66.1 Å². The molecule has 0 bridgehead atoms. The smallest absolute Gasteiger partial charge is 0.137 e. The van der Waals surface area contributed by atoms with Crippen LogP contribution in [0.15, 0.2) is 97.3 Å². The molecule has 160 valence electrons. The van der Waals surface area contributed by atoms with Gasteiger partial charge in [-0.3, -0.25) is 0 Å². The third-order valence-corrected chi connectivity index (χ3v) is 6.13. The maximum absolute atomic E-state index is 9.68. The number of hydrogen-bond acceptors (Lipinski definition) is 3. The summed E-state index contributed by atoms with van der Waals surface area (Å²) in [6.07, 6.45) is 6.37. The molecule has 0 radical (unpaired) electrons. The molecule has 0 saturated heterocycles. The number of nitriles is 1. The molecule has 4 aromatic rings. The highest BCUT2D eigenvalue weighted by Crippen LogP contribution is 2.32. The van der Waals surface area contributed by atoms with Crippen LogP contribution >= 0.6 is 0 Å². The fourth-order valence-electron chi connectivity index (χ4n) is 4.19. The van der Waals surface area contributed by atoms with Crippen molar-refractivity contribution in [3.05, 3.63) is 125 Å². The highest BCUT2D eigenvalue weighted by atomic mass is 15.1. The van der Waals surface area contributed by atoms with Gasteiger partial charge in [-0.25, -0.2) is 4.98 Å². The van der Waals surface area contributed by atoms with Crippen LogP contribution in [0.3, 0.4) is 0 Å². The molecule has 0 unspecified atom stereocenters. The zero-order chi connectivity index (χ0) is 22.8. The van der Waals surface area contributed by atoms with Gasteiger partial charge in [0.25, 0.3) is 0 Å². The molecule has 4 heteroatoms. The second-order valence-corrected chi connectivity index (χ2v) is 8.21. The molecule has 0 saturated carbocycles. The standard InChI is InChI=1S/C29H24N4/c1-21-15-16-33(22(21)2)29-14-8-13-28(31-29)25-17-24(27-12-7-6-9-23(27)18-30)19-32(20-25)26-10-4-3-5-11-26/h3-17,20H,19H2,1-2H3. The lowest BCUT2D eigenvalue weighted by molar-refractivity contribution is 0.950. The Morgan fingerprint density at radius 1 is 0.879 bits per heavy atom. The third kappa shape index (κ3) is 3.97. The van der Waals surface area contributed by atoms with Gasteiger partial charge in [-0.1, -0.05) is 42.5 Å². The maximum atomic E-state index is 9.68. The minimum absolute atomic E-state index is 0.679. The summed E-state index contributed by atoms with van der Waals surface area (Å²) in [5.41, 5.74) is 8.16. The minimum Gasteiger partial charge on any atom is -0.343 e. The lowest BCUT2D eigenvalue weighted by Crippen LogP contribution is -2.22. The molecule has 5 rings (SSSR count). The molecule has 0 N–H and O–H groups in total. The minimum atomic E-state index is 0.679. The van der Waals surface area contributed by atoms with E-state index >= 15 is 0 Å². The molecule has 33 heavy (non-hydrogen) atoms. The second kappa shape index (κ2) is 8.64. The number of anilines is 1. The molecule has 0 amide bonds. The van der Waals surface area contributed by atoms with E-state index in [0.717, 1.165) is 33.9 Å². The van der Waals surface area contributed by atoms with Gasteiger partial charge >= 0.3 is 0 Å². The first-order chi connectivity index (χ1) is 16.1. The van der Waals surface area contributed by atoms with Gasteiger partial charge in [-0.2, -0.15) is 5.26 Å². The summed E-state index contributed by atoms with van der Waals surface area (Å²) < 4.78 is 2.12. The van der Waals surface area contributed by atoms with Gasteiger partial charge in [0.1, 0.15) is 5.82 Å². The first kappa shape index (κ1) is 20.5. The zero-order valence-electron chi connectivity index (χ0n) is 18.7. The topological polar surface area (TPSA) is 44.9 Å². The first-order valence-electron chi connectivity index (χ1n) is 11.0. The van der Waals surface area contributed by atoms with Gasteiger partial charge in [-0.15, -0.1) is 0 Å². The molecule has 0 aliphatic carbocycles. The van der Waals surface area contributed by atoms with E-state index in [-0.39, 0.29) is 0 Å². The number of hydrogen-bond donors (Lipinski definition) is 0. The van der Waals surface area contributed by atoms with Crippen LogP contribution in [0.2, 0.25) is 0 Å². The van der Waals surface area contributed by atoms with Gasteiger partial charge in [0, 0.05) is 35.9 Å². The van der Waals surface area contributed by atoms with Gasteiger partial charge in [0.05, 0.1) is 17.3 Å². The summed E-state index contributed by atoms with van der Waals surface area (Å²) in [5.74, 6) is 0.892. The number of aromatic nitrogens is 2. The van der Waals surface area contributed by atoms with Crippen LogP contribution in [0.25, 0.3) is 17.0 Å². The lowest BCUT2D eigenvalue weighted by atomic mass is 9.94. The van der Waals surface area contributed by atoms with Gasteiger partial charge in [-0.05, 0) is 73.0 Å². The summed E-state index contributed by atoms with van der Waals surface area (Å²) >= 11 is 0. The SMILES string of the molecule is Cc1ccn(-c2cccc(C3=CN(c4ccccc4)CC(c4ccccc4C#N)=C3)n2)c1C. The van der Waals surface area contributed by atoms with Crippen LogP contribution in [0.1, 0.15) is 28.1 Å². The maximum Gasteiger partial charge on any atom is 0.137 e. The Morgan fingerprint density at radius 2 is 1.67 bits per heavy atom. The quantitative estimate of drug-likeness (QED) is 0.383. The van der Waals surface area contributed by atoms with Crippen LogP contribution in [0.4, 0.5) is 5.69 Å². The number of pyridine rings is 1. The zero-order valence-corrected chi connectivity index (χ0v) is 18.7. The predicted octanol–water partition coefficient (Wildman–Crippen LogP) is 6.31. The summed E-state index contributed by atoms with van der Waals surface area (Å²) in [5, 5.41) is 9.68. The molecule has 4 nitrogen and oxygen atoms in total. The van der Waals surface area contributed by atoms with E-state index in [1.54, 1.807) is 0 Å². The molecule has 1 aliphatic rings. The van der Waals surface area contributed by atoms with Crippen LogP contribution in [-0.4, -0.2) is 16.1 Å². The number of aryl methyl sites for hydroxylation is 1. The largest absolute Gasteiger partial charge is 0.343 e. The molecular weight excluding hydrogens is 404 g/mol. The predicted molar refractivity (Wildman–Crippen MR) is 134 cm³/mol. The third-order valence-electron chi connectivity index (χ3n) is 6.13. The Labute approximate surface area is 194 Å². The van der Waals surface area contributed by atoms with Crippen LogP contribution in [0.5, 0.6) is 0 Å². The van der Waals surface area contributed by atoms with Crippen molar-refractivity contribution in [1.29, 1.82) is 5.26 Å². The fraction of sp³-hybridized carbons (Fsp3) is 0.103.